The van der Waals surface area contributed by atoms with Crippen molar-refractivity contribution in [3.63, 3.8) is 0 Å². The van der Waals surface area contributed by atoms with Crippen LogP contribution in [0.25, 0.3) is 0 Å². The first-order chi connectivity index (χ1) is 10.2. The van der Waals surface area contributed by atoms with Crippen LogP contribution in [0.2, 0.25) is 13.1 Å². The van der Waals surface area contributed by atoms with Crippen LogP contribution in [0.4, 0.5) is 0 Å². The fraction of sp³-hybridized carbons (Fsp3) is 1.00. The summed E-state index contributed by atoms with van der Waals surface area (Å²) in [6.07, 6.45) is 18.4. The lowest BCUT2D eigenvalue weighted by Crippen LogP contribution is -2.09. The van der Waals surface area contributed by atoms with Crippen molar-refractivity contribution in [3.8, 4) is 0 Å². The summed E-state index contributed by atoms with van der Waals surface area (Å²) in [6.45, 7) is 10.1. The summed E-state index contributed by atoms with van der Waals surface area (Å²) in [4.78, 5) is 0. The highest BCUT2D eigenvalue weighted by Gasteiger charge is 2.08. The normalized spacial score (nSPS) is 13.0. The van der Waals surface area contributed by atoms with E-state index in [1.807, 2.05) is 0 Å². The maximum absolute atomic E-state index is 5.74. The molecule has 0 aliphatic rings. The summed E-state index contributed by atoms with van der Waals surface area (Å²) in [5, 5.41) is 0. The van der Waals surface area contributed by atoms with E-state index >= 15 is 0 Å². The molecule has 0 fully saturated rings. The third-order valence-corrected chi connectivity index (χ3v) is 5.11. The molecule has 0 saturated heterocycles. The summed E-state index contributed by atoms with van der Waals surface area (Å²) in [7, 11) is -0.474. The van der Waals surface area contributed by atoms with Gasteiger partial charge < -0.3 is 4.43 Å². The highest BCUT2D eigenvalue weighted by atomic mass is 28.3. The summed E-state index contributed by atoms with van der Waals surface area (Å²) in [6, 6.07) is 0. The van der Waals surface area contributed by atoms with Gasteiger partial charge in [0.25, 0.3) is 0 Å². The van der Waals surface area contributed by atoms with Crippen LogP contribution in [0.3, 0.4) is 0 Å². The first kappa shape index (κ1) is 21.2. The van der Waals surface area contributed by atoms with Crippen molar-refractivity contribution in [1.29, 1.82) is 0 Å². The Morgan fingerprint density at radius 2 is 1.19 bits per heavy atom. The molecule has 1 unspecified atom stereocenters. The van der Waals surface area contributed by atoms with Crippen LogP contribution < -0.4 is 0 Å². The molecule has 0 aromatic rings. The lowest BCUT2D eigenvalue weighted by Gasteiger charge is -2.17. The minimum Gasteiger partial charge on any atom is -0.417 e. The van der Waals surface area contributed by atoms with E-state index in [4.69, 9.17) is 4.43 Å². The van der Waals surface area contributed by atoms with Crippen molar-refractivity contribution in [2.75, 3.05) is 6.61 Å². The molecular weight excluding hydrogens is 272 g/mol. The molecule has 1 nitrogen and oxygen atoms in total. The number of hydrogen-bond acceptors (Lipinski definition) is 1. The average molecular weight is 314 g/mol. The van der Waals surface area contributed by atoms with Gasteiger partial charge in [0, 0.05) is 6.61 Å². The summed E-state index contributed by atoms with van der Waals surface area (Å²) in [5.74, 6) is 0.990. The molecule has 0 rings (SSSR count). The predicted molar refractivity (Wildman–Crippen MR) is 98.3 cm³/mol. The van der Waals surface area contributed by atoms with Crippen LogP contribution in [0.15, 0.2) is 0 Å². The third-order valence-electron chi connectivity index (χ3n) is 4.33. The molecule has 0 amide bonds. The third kappa shape index (κ3) is 16.4. The molecule has 21 heavy (non-hydrogen) atoms. The van der Waals surface area contributed by atoms with Crippen LogP contribution in [-0.4, -0.2) is 15.6 Å². The minimum absolute atomic E-state index is 0.474. The fourth-order valence-corrected chi connectivity index (χ4v) is 3.50. The Morgan fingerprint density at radius 3 is 1.81 bits per heavy atom. The molecule has 127 valence electrons. The summed E-state index contributed by atoms with van der Waals surface area (Å²) in [5.41, 5.74) is 0. The van der Waals surface area contributed by atoms with E-state index in [9.17, 15) is 0 Å². The Hall–Kier alpha value is 0.177. The highest BCUT2D eigenvalue weighted by molar-refractivity contribution is 6.48. The monoisotopic (exact) mass is 313 g/mol. The molecule has 0 spiro atoms. The van der Waals surface area contributed by atoms with Gasteiger partial charge in [-0.15, -0.1) is 0 Å². The van der Waals surface area contributed by atoms with Crippen molar-refractivity contribution < 1.29 is 4.43 Å². The molecule has 2 heteroatoms. The lowest BCUT2D eigenvalue weighted by atomic mass is 9.90. The Balaban J connectivity index is 3.61. The van der Waals surface area contributed by atoms with Crippen molar-refractivity contribution in [3.05, 3.63) is 0 Å². The maximum atomic E-state index is 5.74. The van der Waals surface area contributed by atoms with Gasteiger partial charge >= 0.3 is 0 Å². The zero-order chi connectivity index (χ0) is 15.8. The zero-order valence-electron chi connectivity index (χ0n) is 15.4. The maximum Gasteiger partial charge on any atom is 0.204 e. The van der Waals surface area contributed by atoms with E-state index in [0.717, 1.165) is 12.5 Å². The van der Waals surface area contributed by atoms with E-state index in [0.29, 0.717) is 0 Å². The molecule has 0 bridgehead atoms. The molecule has 0 aromatic carbocycles. The minimum atomic E-state index is -0.474. The fourth-order valence-electron chi connectivity index (χ4n) is 2.95. The molecule has 1 atom stereocenters. The van der Waals surface area contributed by atoms with Crippen LogP contribution in [-0.2, 0) is 4.43 Å². The molecule has 0 aliphatic heterocycles. The van der Waals surface area contributed by atoms with Gasteiger partial charge in [0.2, 0.25) is 9.04 Å². The van der Waals surface area contributed by atoms with Gasteiger partial charge in [0.05, 0.1) is 0 Å². The molecular formula is C19H41OSi. The van der Waals surface area contributed by atoms with E-state index in [1.54, 1.807) is 0 Å². The van der Waals surface area contributed by atoms with Gasteiger partial charge in [0.1, 0.15) is 0 Å². The number of hydrogen-bond donors (Lipinski definition) is 0. The molecule has 0 aromatic heterocycles. The zero-order valence-corrected chi connectivity index (χ0v) is 16.4. The van der Waals surface area contributed by atoms with Gasteiger partial charge in [-0.25, -0.2) is 0 Å². The van der Waals surface area contributed by atoms with Crippen molar-refractivity contribution >= 4 is 9.04 Å². The van der Waals surface area contributed by atoms with Gasteiger partial charge in [-0.1, -0.05) is 90.9 Å². The second kappa shape index (κ2) is 16.5. The Morgan fingerprint density at radius 1 is 0.667 bits per heavy atom. The first-order valence-electron chi connectivity index (χ1n) is 9.63. The van der Waals surface area contributed by atoms with Crippen LogP contribution in [0.5, 0.6) is 0 Å². The Kier molecular flexibility index (Phi) is 16.7. The molecule has 0 saturated carbocycles. The van der Waals surface area contributed by atoms with E-state index in [2.05, 4.69) is 26.9 Å². The lowest BCUT2D eigenvalue weighted by molar-refractivity contribution is 0.298. The standard InChI is InChI=1S/C19H41OSi/c1-5-7-9-10-11-12-16-19(15-8-6-2)17-13-14-18-20-21(3)4/h19H,5-18H2,1-4H3. The Bertz CT molecular complexity index is 194. The largest absolute Gasteiger partial charge is 0.417 e. The van der Waals surface area contributed by atoms with Crippen LogP contribution in [0.1, 0.15) is 97.3 Å². The topological polar surface area (TPSA) is 9.23 Å². The molecule has 0 heterocycles. The van der Waals surface area contributed by atoms with Crippen molar-refractivity contribution in [1.82, 2.24) is 0 Å². The van der Waals surface area contributed by atoms with Crippen LogP contribution in [0, 0.1) is 5.92 Å². The molecule has 1 radical (unpaired) electrons. The SMILES string of the molecule is CCCCCCCCC(CCCC)CCCCO[Si](C)C. The van der Waals surface area contributed by atoms with Gasteiger partial charge in [-0.3, -0.25) is 0 Å². The van der Waals surface area contributed by atoms with Crippen molar-refractivity contribution in [2.45, 2.75) is 110 Å². The predicted octanol–water partition coefficient (Wildman–Crippen LogP) is 6.98. The summed E-state index contributed by atoms with van der Waals surface area (Å²) >= 11 is 0. The smallest absolute Gasteiger partial charge is 0.204 e. The molecule has 0 aliphatic carbocycles. The van der Waals surface area contributed by atoms with E-state index in [1.165, 1.54) is 83.5 Å². The van der Waals surface area contributed by atoms with Crippen LogP contribution >= 0.6 is 0 Å². The number of rotatable bonds is 16. The number of unbranched alkanes of at least 4 members (excludes halogenated alkanes) is 7. The van der Waals surface area contributed by atoms with Gasteiger partial charge in [-0.2, -0.15) is 0 Å². The first-order valence-corrected chi connectivity index (χ1v) is 12.0. The second-order valence-electron chi connectivity index (χ2n) is 6.82. The quantitative estimate of drug-likeness (QED) is 0.220. The highest BCUT2D eigenvalue weighted by Crippen LogP contribution is 2.23. The molecule has 0 N–H and O–H groups in total. The Labute approximate surface area is 137 Å². The van der Waals surface area contributed by atoms with Crippen molar-refractivity contribution in [2.24, 2.45) is 5.92 Å². The van der Waals surface area contributed by atoms with E-state index in [-0.39, 0.29) is 0 Å². The average Bonchev–Trinajstić information content (AvgIpc) is 2.46. The second-order valence-corrected chi connectivity index (χ2v) is 8.92. The van der Waals surface area contributed by atoms with E-state index < -0.39 is 9.04 Å². The van der Waals surface area contributed by atoms with Gasteiger partial charge in [-0.05, 0) is 25.4 Å². The van der Waals surface area contributed by atoms with Gasteiger partial charge in [0.15, 0.2) is 0 Å². The summed E-state index contributed by atoms with van der Waals surface area (Å²) < 4.78 is 5.74.